The molecule has 0 spiro atoms. The van der Waals surface area contributed by atoms with Crippen LogP contribution in [0.5, 0.6) is 0 Å². The number of aliphatic imine (C=N–C) groups is 1. The van der Waals surface area contributed by atoms with E-state index in [0.29, 0.717) is 5.92 Å². The number of hydrogen-bond donors (Lipinski definition) is 0. The highest BCUT2D eigenvalue weighted by Crippen LogP contribution is 2.11. The Morgan fingerprint density at radius 1 is 1.25 bits per heavy atom. The molecule has 0 aromatic rings. The summed E-state index contributed by atoms with van der Waals surface area (Å²) < 4.78 is 10.9. The summed E-state index contributed by atoms with van der Waals surface area (Å²) in [5, 5.41) is 0. The first kappa shape index (κ1) is 15.8. The summed E-state index contributed by atoms with van der Waals surface area (Å²) in [6.45, 7) is 8.72. The van der Waals surface area contributed by atoms with E-state index in [1.54, 1.807) is 14.2 Å². The van der Waals surface area contributed by atoms with Crippen molar-refractivity contribution in [1.82, 2.24) is 0 Å². The first-order valence-corrected chi connectivity index (χ1v) is 7.74. The second-order valence-corrected chi connectivity index (χ2v) is 7.11. The van der Waals surface area contributed by atoms with Crippen molar-refractivity contribution in [2.75, 3.05) is 14.2 Å². The molecule has 0 N–H and O–H groups in total. The standard InChI is InChI=1S/C12H27NO2Si/c1-7-8-12(16(14-5)15-6)13-11(4)9-10(2)3/h10,12,16H,7-9H2,1-6H3/b13-11-. The van der Waals surface area contributed by atoms with Crippen molar-refractivity contribution in [3.05, 3.63) is 0 Å². The van der Waals surface area contributed by atoms with E-state index in [2.05, 4.69) is 27.7 Å². The molecule has 0 saturated heterocycles. The quantitative estimate of drug-likeness (QED) is 0.486. The van der Waals surface area contributed by atoms with Gasteiger partial charge in [0, 0.05) is 19.9 Å². The summed E-state index contributed by atoms with van der Waals surface area (Å²) in [5.41, 5.74) is 1.48. The van der Waals surface area contributed by atoms with Crippen LogP contribution in [-0.4, -0.2) is 34.9 Å². The van der Waals surface area contributed by atoms with Crippen molar-refractivity contribution < 1.29 is 8.85 Å². The molecule has 16 heavy (non-hydrogen) atoms. The lowest BCUT2D eigenvalue weighted by Gasteiger charge is -2.20. The Morgan fingerprint density at radius 3 is 2.19 bits per heavy atom. The minimum Gasteiger partial charge on any atom is -0.399 e. The lowest BCUT2D eigenvalue weighted by atomic mass is 10.1. The molecule has 0 amide bonds. The van der Waals surface area contributed by atoms with E-state index in [1.807, 2.05) is 0 Å². The monoisotopic (exact) mass is 245 g/mol. The van der Waals surface area contributed by atoms with E-state index in [0.717, 1.165) is 19.3 Å². The van der Waals surface area contributed by atoms with Gasteiger partial charge in [-0.15, -0.1) is 0 Å². The van der Waals surface area contributed by atoms with Crippen LogP contribution in [0.1, 0.15) is 47.0 Å². The number of rotatable bonds is 8. The second kappa shape index (κ2) is 8.90. The fraction of sp³-hybridized carbons (Fsp3) is 0.917. The van der Waals surface area contributed by atoms with Gasteiger partial charge in [-0.1, -0.05) is 27.2 Å². The van der Waals surface area contributed by atoms with E-state index in [-0.39, 0.29) is 5.67 Å². The smallest absolute Gasteiger partial charge is 0.346 e. The van der Waals surface area contributed by atoms with Gasteiger partial charge in [0.25, 0.3) is 0 Å². The molecule has 0 aliphatic carbocycles. The van der Waals surface area contributed by atoms with Crippen molar-refractivity contribution in [1.29, 1.82) is 0 Å². The van der Waals surface area contributed by atoms with Crippen LogP contribution in [0.25, 0.3) is 0 Å². The van der Waals surface area contributed by atoms with Crippen LogP contribution in [0, 0.1) is 5.92 Å². The van der Waals surface area contributed by atoms with E-state index < -0.39 is 9.28 Å². The maximum Gasteiger partial charge on any atom is 0.346 e. The van der Waals surface area contributed by atoms with Crippen LogP contribution >= 0.6 is 0 Å². The van der Waals surface area contributed by atoms with E-state index in [9.17, 15) is 0 Å². The van der Waals surface area contributed by atoms with Crippen molar-refractivity contribution in [2.45, 2.75) is 52.6 Å². The highest BCUT2D eigenvalue weighted by Gasteiger charge is 2.23. The molecule has 0 radical (unpaired) electrons. The molecule has 0 aromatic carbocycles. The molecule has 3 nitrogen and oxygen atoms in total. The predicted octanol–water partition coefficient (Wildman–Crippen LogP) is 2.71. The van der Waals surface area contributed by atoms with Gasteiger partial charge in [-0.3, -0.25) is 4.99 Å². The highest BCUT2D eigenvalue weighted by molar-refractivity contribution is 6.46. The van der Waals surface area contributed by atoms with Gasteiger partial charge in [-0.2, -0.15) is 0 Å². The molecule has 0 saturated carbocycles. The average Bonchev–Trinajstić information content (AvgIpc) is 2.18. The van der Waals surface area contributed by atoms with Gasteiger partial charge in [0.2, 0.25) is 0 Å². The third-order valence-electron chi connectivity index (χ3n) is 2.45. The van der Waals surface area contributed by atoms with Gasteiger partial charge in [0.05, 0.1) is 5.67 Å². The van der Waals surface area contributed by atoms with Crippen LogP contribution in [-0.2, 0) is 8.85 Å². The molecule has 4 heteroatoms. The van der Waals surface area contributed by atoms with Crippen LogP contribution < -0.4 is 0 Å². The molecule has 96 valence electrons. The normalized spacial score (nSPS) is 14.9. The summed E-state index contributed by atoms with van der Waals surface area (Å²) in [6, 6.07) is 0. The van der Waals surface area contributed by atoms with Crippen molar-refractivity contribution in [3.63, 3.8) is 0 Å². The van der Waals surface area contributed by atoms with Gasteiger partial charge in [-0.05, 0) is 25.7 Å². The molecule has 0 aromatic heterocycles. The SMILES string of the molecule is CCCC(/N=C(/C)CC(C)C)[SiH](OC)OC. The molecular formula is C12H27NO2Si. The van der Waals surface area contributed by atoms with Crippen LogP contribution in [0.2, 0.25) is 0 Å². The fourth-order valence-electron chi connectivity index (χ4n) is 1.89. The van der Waals surface area contributed by atoms with Crippen LogP contribution in [0.15, 0.2) is 4.99 Å². The molecule has 0 heterocycles. The van der Waals surface area contributed by atoms with E-state index >= 15 is 0 Å². The van der Waals surface area contributed by atoms with E-state index in [4.69, 9.17) is 13.8 Å². The summed E-state index contributed by atoms with van der Waals surface area (Å²) in [6.07, 6.45) is 3.25. The van der Waals surface area contributed by atoms with E-state index in [1.165, 1.54) is 5.71 Å². The zero-order chi connectivity index (χ0) is 12.6. The van der Waals surface area contributed by atoms with Crippen molar-refractivity contribution in [3.8, 4) is 0 Å². The summed E-state index contributed by atoms with van der Waals surface area (Å²) in [7, 11) is 1.85. The zero-order valence-corrected chi connectivity index (χ0v) is 12.8. The highest BCUT2D eigenvalue weighted by atomic mass is 28.3. The molecule has 0 aliphatic heterocycles. The number of hydrogen-bond acceptors (Lipinski definition) is 3. The minimum absolute atomic E-state index is 0.263. The molecular weight excluding hydrogens is 218 g/mol. The van der Waals surface area contributed by atoms with Gasteiger partial charge >= 0.3 is 9.28 Å². The Hall–Kier alpha value is -0.193. The average molecular weight is 245 g/mol. The minimum atomic E-state index is -1.61. The Balaban J connectivity index is 4.51. The maximum atomic E-state index is 5.43. The molecule has 1 unspecified atom stereocenters. The third kappa shape index (κ3) is 6.40. The predicted molar refractivity (Wildman–Crippen MR) is 72.4 cm³/mol. The lowest BCUT2D eigenvalue weighted by Crippen LogP contribution is -2.34. The Morgan fingerprint density at radius 2 is 1.81 bits per heavy atom. The topological polar surface area (TPSA) is 30.8 Å². The Kier molecular flexibility index (Phi) is 8.79. The second-order valence-electron chi connectivity index (χ2n) is 4.66. The van der Waals surface area contributed by atoms with Gasteiger partial charge in [0.1, 0.15) is 0 Å². The number of nitrogens with zero attached hydrogens (tertiary/aromatic N) is 1. The summed E-state index contributed by atoms with van der Waals surface area (Å²) in [5.74, 6) is 0.663. The third-order valence-corrected chi connectivity index (χ3v) is 4.49. The van der Waals surface area contributed by atoms with Crippen LogP contribution in [0.3, 0.4) is 0 Å². The molecule has 0 bridgehead atoms. The molecule has 0 aliphatic rings. The molecule has 1 atom stereocenters. The fourth-order valence-corrected chi connectivity index (χ4v) is 3.70. The van der Waals surface area contributed by atoms with Crippen molar-refractivity contribution >= 4 is 15.0 Å². The lowest BCUT2D eigenvalue weighted by molar-refractivity contribution is 0.264. The van der Waals surface area contributed by atoms with Crippen LogP contribution in [0.4, 0.5) is 0 Å². The summed E-state index contributed by atoms with van der Waals surface area (Å²) >= 11 is 0. The van der Waals surface area contributed by atoms with Gasteiger partial charge in [0.15, 0.2) is 0 Å². The first-order valence-electron chi connectivity index (χ1n) is 6.13. The Bertz CT molecular complexity index is 203. The van der Waals surface area contributed by atoms with Gasteiger partial charge in [-0.25, -0.2) is 0 Å². The maximum absolute atomic E-state index is 5.43. The molecule has 0 fully saturated rings. The zero-order valence-electron chi connectivity index (χ0n) is 11.6. The van der Waals surface area contributed by atoms with Gasteiger partial charge < -0.3 is 8.85 Å². The van der Waals surface area contributed by atoms with Crippen molar-refractivity contribution in [2.24, 2.45) is 10.9 Å². The summed E-state index contributed by atoms with van der Waals surface area (Å²) in [4.78, 5) is 4.78. The first-order chi connectivity index (χ1) is 7.54. The molecule has 0 rings (SSSR count). The largest absolute Gasteiger partial charge is 0.399 e. The Labute approximate surface area is 102 Å².